The van der Waals surface area contributed by atoms with Crippen molar-refractivity contribution >= 4 is 22.7 Å². The predicted molar refractivity (Wildman–Crippen MR) is 160 cm³/mol. The van der Waals surface area contributed by atoms with Crippen LogP contribution >= 0.6 is 0 Å². The van der Waals surface area contributed by atoms with Crippen molar-refractivity contribution in [3.8, 4) is 0 Å². The van der Waals surface area contributed by atoms with Gasteiger partial charge in [0.1, 0.15) is 0 Å². The quantitative estimate of drug-likeness (QED) is 0.141. The highest BCUT2D eigenvalue weighted by atomic mass is 15.1. The smallest absolute Gasteiger partial charge is 0.0934 e. The number of hydrogen-bond donors (Lipinski definition) is 6. The molecule has 6 heteroatoms. The van der Waals surface area contributed by atoms with Gasteiger partial charge in [-0.05, 0) is 61.4 Å². The molecule has 0 aliphatic heterocycles. The fourth-order valence-corrected chi connectivity index (χ4v) is 3.88. The summed E-state index contributed by atoms with van der Waals surface area (Å²) in [5.41, 5.74) is 18.1. The van der Waals surface area contributed by atoms with Crippen molar-refractivity contribution < 1.29 is 0 Å². The van der Waals surface area contributed by atoms with Crippen molar-refractivity contribution in [3.05, 3.63) is 120 Å². The zero-order valence-electron chi connectivity index (χ0n) is 21.8. The Balaban J connectivity index is 0.000000208. The fraction of sp³-hybridized carbons (Fsp3) is 0.226. The molecule has 4 aromatic carbocycles. The topological polar surface area (TPSA) is 100 Å². The molecule has 0 radical (unpaired) electrons. The number of anilines is 4. The molecule has 1 atom stereocenters. The lowest BCUT2D eigenvalue weighted by Crippen LogP contribution is -2.26. The Labute approximate surface area is 221 Å². The van der Waals surface area contributed by atoms with Crippen LogP contribution in [0.15, 0.2) is 109 Å². The SMILES string of the molecule is CC(CNc1ccccc1)Nc1ccccc1.CC(Nc1ccccc1CN)Nc1ccccc1CN. The Morgan fingerprint density at radius 2 is 0.973 bits per heavy atom. The number of benzene rings is 4. The Morgan fingerprint density at radius 3 is 1.46 bits per heavy atom. The summed E-state index contributed by atoms with van der Waals surface area (Å²) in [5.74, 6) is 0. The lowest BCUT2D eigenvalue weighted by Gasteiger charge is -2.21. The van der Waals surface area contributed by atoms with Crippen LogP contribution in [0.5, 0.6) is 0 Å². The van der Waals surface area contributed by atoms with Crippen LogP contribution in [0.2, 0.25) is 0 Å². The van der Waals surface area contributed by atoms with E-state index < -0.39 is 0 Å². The number of hydrogen-bond acceptors (Lipinski definition) is 6. The van der Waals surface area contributed by atoms with E-state index in [0.717, 1.165) is 40.4 Å². The average Bonchev–Trinajstić information content (AvgIpc) is 2.94. The standard InChI is InChI=1S/C16H22N4.C15H18N2/c1-12(19-15-8-4-2-6-13(15)10-17)20-16-9-5-3-7-14(16)11-18;1-13(17-15-10-6-3-7-11-15)12-16-14-8-4-2-5-9-14/h2-9,12,19-20H,10-11,17-18H2,1H3;2-11,13,16-17H,12H2,1H3. The Hall–Kier alpha value is -4.00. The van der Waals surface area contributed by atoms with Crippen LogP contribution in [0, 0.1) is 0 Å². The van der Waals surface area contributed by atoms with Crippen molar-refractivity contribution in [2.24, 2.45) is 11.5 Å². The molecule has 0 bridgehead atoms. The Kier molecular flexibility index (Phi) is 11.3. The van der Waals surface area contributed by atoms with E-state index in [4.69, 9.17) is 11.5 Å². The molecule has 0 aliphatic carbocycles. The van der Waals surface area contributed by atoms with E-state index >= 15 is 0 Å². The summed E-state index contributed by atoms with van der Waals surface area (Å²) >= 11 is 0. The fourth-order valence-electron chi connectivity index (χ4n) is 3.88. The molecule has 0 saturated carbocycles. The van der Waals surface area contributed by atoms with Gasteiger partial charge >= 0.3 is 0 Å². The minimum Gasteiger partial charge on any atom is -0.383 e. The molecule has 6 nitrogen and oxygen atoms in total. The number of para-hydroxylation sites is 4. The third-order valence-electron chi connectivity index (χ3n) is 5.79. The van der Waals surface area contributed by atoms with Crippen LogP contribution in [0.4, 0.5) is 22.7 Å². The summed E-state index contributed by atoms with van der Waals surface area (Å²) < 4.78 is 0. The summed E-state index contributed by atoms with van der Waals surface area (Å²) in [6.07, 6.45) is 0.0791. The van der Waals surface area contributed by atoms with E-state index in [1.54, 1.807) is 0 Å². The highest BCUT2D eigenvalue weighted by Crippen LogP contribution is 2.18. The van der Waals surface area contributed by atoms with Gasteiger partial charge in [0.05, 0.1) is 6.17 Å². The van der Waals surface area contributed by atoms with Gasteiger partial charge in [-0.1, -0.05) is 72.8 Å². The first-order valence-electron chi connectivity index (χ1n) is 12.8. The van der Waals surface area contributed by atoms with Gasteiger partial charge in [-0.2, -0.15) is 0 Å². The molecular weight excluding hydrogens is 456 g/mol. The van der Waals surface area contributed by atoms with Crippen LogP contribution in [-0.2, 0) is 13.1 Å². The van der Waals surface area contributed by atoms with Crippen molar-refractivity contribution in [1.82, 2.24) is 0 Å². The molecule has 0 spiro atoms. The third kappa shape index (κ3) is 9.52. The molecule has 0 aromatic heterocycles. The molecular formula is C31H40N6. The summed E-state index contributed by atoms with van der Waals surface area (Å²) in [4.78, 5) is 0. The predicted octanol–water partition coefficient (Wildman–Crippen LogP) is 6.07. The number of nitrogens with one attached hydrogen (secondary N) is 4. The second-order valence-electron chi connectivity index (χ2n) is 8.89. The van der Waals surface area contributed by atoms with Crippen LogP contribution in [0.25, 0.3) is 0 Å². The van der Waals surface area contributed by atoms with E-state index in [2.05, 4.69) is 59.4 Å². The molecule has 194 valence electrons. The van der Waals surface area contributed by atoms with Crippen LogP contribution < -0.4 is 32.7 Å². The van der Waals surface area contributed by atoms with E-state index in [1.807, 2.05) is 84.9 Å². The molecule has 0 heterocycles. The largest absolute Gasteiger partial charge is 0.383 e. The van der Waals surface area contributed by atoms with Gasteiger partial charge in [0.15, 0.2) is 0 Å². The van der Waals surface area contributed by atoms with Gasteiger partial charge in [0.2, 0.25) is 0 Å². The molecule has 37 heavy (non-hydrogen) atoms. The van der Waals surface area contributed by atoms with Gasteiger partial charge < -0.3 is 32.7 Å². The van der Waals surface area contributed by atoms with Crippen LogP contribution in [-0.4, -0.2) is 18.8 Å². The van der Waals surface area contributed by atoms with E-state index in [1.165, 1.54) is 0 Å². The van der Waals surface area contributed by atoms with Crippen molar-refractivity contribution in [3.63, 3.8) is 0 Å². The first-order valence-corrected chi connectivity index (χ1v) is 12.8. The number of rotatable bonds is 11. The van der Waals surface area contributed by atoms with Crippen molar-refractivity contribution in [2.45, 2.75) is 39.1 Å². The Morgan fingerprint density at radius 1 is 0.541 bits per heavy atom. The first-order chi connectivity index (χ1) is 18.1. The van der Waals surface area contributed by atoms with Crippen LogP contribution in [0.1, 0.15) is 25.0 Å². The maximum Gasteiger partial charge on any atom is 0.0934 e. The maximum atomic E-state index is 5.75. The van der Waals surface area contributed by atoms with Gasteiger partial charge in [0, 0.05) is 48.4 Å². The van der Waals surface area contributed by atoms with Gasteiger partial charge in [0.25, 0.3) is 0 Å². The highest BCUT2D eigenvalue weighted by Gasteiger charge is 2.07. The monoisotopic (exact) mass is 496 g/mol. The molecule has 4 aromatic rings. The maximum absolute atomic E-state index is 5.75. The number of nitrogens with two attached hydrogens (primary N) is 2. The minimum absolute atomic E-state index is 0.0791. The molecule has 8 N–H and O–H groups in total. The van der Waals surface area contributed by atoms with E-state index in [9.17, 15) is 0 Å². The highest BCUT2D eigenvalue weighted by molar-refractivity contribution is 5.56. The second kappa shape index (κ2) is 15.2. The van der Waals surface area contributed by atoms with Gasteiger partial charge in [-0.3, -0.25) is 0 Å². The van der Waals surface area contributed by atoms with Crippen molar-refractivity contribution in [2.75, 3.05) is 27.8 Å². The molecule has 0 fully saturated rings. The third-order valence-corrected chi connectivity index (χ3v) is 5.79. The summed E-state index contributed by atoms with van der Waals surface area (Å²) in [6.45, 7) is 6.19. The summed E-state index contributed by atoms with van der Waals surface area (Å²) in [5, 5.41) is 13.7. The normalized spacial score (nSPS) is 11.2. The molecule has 0 saturated heterocycles. The van der Waals surface area contributed by atoms with Crippen LogP contribution in [0.3, 0.4) is 0 Å². The zero-order valence-corrected chi connectivity index (χ0v) is 21.8. The molecule has 4 rings (SSSR count). The zero-order chi connectivity index (χ0) is 26.3. The van der Waals surface area contributed by atoms with Gasteiger partial charge in [-0.15, -0.1) is 0 Å². The molecule has 0 amide bonds. The Bertz CT molecular complexity index is 1120. The first kappa shape index (κ1) is 27.6. The van der Waals surface area contributed by atoms with Gasteiger partial charge in [-0.25, -0.2) is 0 Å². The van der Waals surface area contributed by atoms with Crippen molar-refractivity contribution in [1.29, 1.82) is 0 Å². The average molecular weight is 497 g/mol. The summed E-state index contributed by atoms with van der Waals surface area (Å²) in [7, 11) is 0. The minimum atomic E-state index is 0.0791. The lowest BCUT2D eigenvalue weighted by molar-refractivity contribution is 0.836. The van der Waals surface area contributed by atoms with E-state index in [-0.39, 0.29) is 6.17 Å². The molecule has 0 aliphatic rings. The second-order valence-corrected chi connectivity index (χ2v) is 8.89. The molecule has 1 unspecified atom stereocenters. The summed E-state index contributed by atoms with van der Waals surface area (Å²) in [6, 6.07) is 37.1. The lowest BCUT2D eigenvalue weighted by atomic mass is 10.1. The van der Waals surface area contributed by atoms with E-state index in [0.29, 0.717) is 19.1 Å².